The summed E-state index contributed by atoms with van der Waals surface area (Å²) >= 11 is 1.67. The Labute approximate surface area is 209 Å². The number of hydrogen-bond donors (Lipinski definition) is 1. The number of likely N-dealkylation sites (tertiary alicyclic amines) is 1. The minimum atomic E-state index is -1.14. The molecule has 3 atom stereocenters. The number of benzene rings is 1. The van der Waals surface area contributed by atoms with Crippen LogP contribution in [0, 0.1) is 11.8 Å². The predicted molar refractivity (Wildman–Crippen MR) is 134 cm³/mol. The van der Waals surface area contributed by atoms with Gasteiger partial charge in [0.15, 0.2) is 0 Å². The molecule has 0 radical (unpaired) electrons. The van der Waals surface area contributed by atoms with Crippen molar-refractivity contribution in [2.24, 2.45) is 11.8 Å². The summed E-state index contributed by atoms with van der Waals surface area (Å²) in [5.41, 5.74) is 1.35. The predicted octanol–water partition coefficient (Wildman–Crippen LogP) is 5.03. The number of carboxylic acids is 1. The average Bonchev–Trinajstić information content (AvgIpc) is 2.87. The van der Waals surface area contributed by atoms with Crippen molar-refractivity contribution in [3.63, 3.8) is 0 Å². The minimum absolute atomic E-state index is 0.0202. The lowest BCUT2D eigenvalue weighted by Crippen LogP contribution is -2.42. The fraction of sp³-hybridized carbons (Fsp3) is 0.462. The van der Waals surface area contributed by atoms with Crippen molar-refractivity contribution >= 4 is 28.6 Å². The molecule has 35 heavy (non-hydrogen) atoms. The summed E-state index contributed by atoms with van der Waals surface area (Å²) in [6, 6.07) is 9.11. The number of hydrogen-bond acceptors (Lipinski definition) is 7. The van der Waals surface area contributed by atoms with Gasteiger partial charge in [-0.1, -0.05) is 0 Å². The molecule has 1 aromatic carbocycles. The van der Waals surface area contributed by atoms with Crippen molar-refractivity contribution < 1.29 is 19.0 Å². The van der Waals surface area contributed by atoms with E-state index in [-0.39, 0.29) is 18.3 Å². The van der Waals surface area contributed by atoms with Crippen LogP contribution in [-0.4, -0.2) is 63.4 Å². The molecule has 1 saturated heterocycles. The highest BCUT2D eigenvalue weighted by molar-refractivity contribution is 7.99. The molecule has 4 rings (SSSR count). The van der Waals surface area contributed by atoms with Crippen LogP contribution < -0.4 is 4.74 Å². The molecule has 0 aliphatic carbocycles. The second-order valence-corrected chi connectivity index (χ2v) is 10.0. The maximum Gasteiger partial charge on any atom is 0.303 e. The summed E-state index contributed by atoms with van der Waals surface area (Å²) in [6.45, 7) is 2.50. The number of fused-ring (bicyclic) bond motifs is 1. The molecule has 0 amide bonds. The first-order valence-corrected chi connectivity index (χ1v) is 12.9. The van der Waals surface area contributed by atoms with Crippen molar-refractivity contribution in [1.29, 1.82) is 0 Å². The van der Waals surface area contributed by atoms with E-state index in [9.17, 15) is 9.90 Å². The average molecular weight is 499 g/mol. The number of carboxylic acid groups (broad SMARTS) is 1. The van der Waals surface area contributed by atoms with Gasteiger partial charge in [-0.15, -0.1) is 11.8 Å². The van der Waals surface area contributed by atoms with E-state index in [1.54, 1.807) is 43.7 Å². The molecule has 0 saturated carbocycles. The minimum Gasteiger partial charge on any atom is -0.497 e. The largest absolute Gasteiger partial charge is 0.497 e. The molecule has 0 spiro atoms. The molecule has 7 nitrogen and oxygen atoms in total. The Morgan fingerprint density at radius 3 is 2.91 bits per heavy atom. The highest BCUT2D eigenvalue weighted by Crippen LogP contribution is 2.36. The Balaban J connectivity index is 1.35. The van der Waals surface area contributed by atoms with Crippen LogP contribution in [0.3, 0.4) is 0 Å². The second kappa shape index (κ2) is 12.3. The highest BCUT2D eigenvalue weighted by atomic mass is 32.2. The lowest BCUT2D eigenvalue weighted by atomic mass is 9.79. The molecular weight excluding hydrogens is 467 g/mol. The van der Waals surface area contributed by atoms with Crippen LogP contribution in [0.1, 0.15) is 37.4 Å². The second-order valence-electron chi connectivity index (χ2n) is 8.93. The molecule has 2 aromatic heterocycles. The maximum atomic E-state index is 15.4. The van der Waals surface area contributed by atoms with E-state index in [1.807, 2.05) is 24.3 Å². The fourth-order valence-corrected chi connectivity index (χ4v) is 5.74. The third kappa shape index (κ3) is 6.89. The number of halogens is 1. The molecule has 9 heteroatoms. The van der Waals surface area contributed by atoms with Gasteiger partial charge in [0.1, 0.15) is 18.2 Å². The quantitative estimate of drug-likeness (QED) is 0.291. The molecule has 3 heterocycles. The van der Waals surface area contributed by atoms with Crippen LogP contribution in [0.4, 0.5) is 4.39 Å². The highest BCUT2D eigenvalue weighted by Gasteiger charge is 2.31. The molecule has 3 aromatic rings. The molecule has 1 aliphatic rings. The van der Waals surface area contributed by atoms with Crippen molar-refractivity contribution in [3.8, 4) is 5.75 Å². The van der Waals surface area contributed by atoms with Crippen molar-refractivity contribution in [2.45, 2.75) is 36.9 Å². The van der Waals surface area contributed by atoms with Gasteiger partial charge >= 0.3 is 5.97 Å². The number of pyridine rings is 1. The Morgan fingerprint density at radius 2 is 2.14 bits per heavy atom. The van der Waals surface area contributed by atoms with Crippen molar-refractivity contribution in [3.05, 3.63) is 54.6 Å². The third-order valence-electron chi connectivity index (χ3n) is 6.74. The Morgan fingerprint density at radius 1 is 1.26 bits per heavy atom. The number of thioether (sulfide) groups is 1. The summed E-state index contributed by atoms with van der Waals surface area (Å²) in [7, 11) is 1.59. The monoisotopic (exact) mass is 498 g/mol. The third-order valence-corrected chi connectivity index (χ3v) is 7.66. The van der Waals surface area contributed by atoms with Gasteiger partial charge < -0.3 is 14.7 Å². The first-order valence-electron chi connectivity index (χ1n) is 11.9. The number of rotatable bonds is 11. The van der Waals surface area contributed by atoms with Gasteiger partial charge in [-0.25, -0.2) is 14.4 Å². The number of piperidine rings is 1. The Kier molecular flexibility index (Phi) is 8.87. The van der Waals surface area contributed by atoms with Crippen molar-refractivity contribution in [2.75, 3.05) is 32.5 Å². The standard InChI is InChI=1S/C26H31FN4O3S/c1-34-20-3-5-24-22(15-20)21(6-10-29-24)23(27)4-2-18-8-11-31(16-19(18)14-26(32)33)12-13-35-25-7-9-28-17-30-25/h3,5-7,9-10,15,17-19,23H,2,4,8,11-14,16H2,1H3,(H,32,33)/t18-,19+,23+/m1/s1. The van der Waals surface area contributed by atoms with E-state index in [0.29, 0.717) is 24.2 Å². The van der Waals surface area contributed by atoms with Gasteiger partial charge in [0.25, 0.3) is 0 Å². The molecule has 1 fully saturated rings. The van der Waals surface area contributed by atoms with Gasteiger partial charge in [0.2, 0.25) is 0 Å². The summed E-state index contributed by atoms with van der Waals surface area (Å²) in [5.74, 6) is 0.976. The number of alkyl halides is 1. The van der Waals surface area contributed by atoms with E-state index in [0.717, 1.165) is 47.7 Å². The molecule has 186 valence electrons. The zero-order valence-electron chi connectivity index (χ0n) is 19.8. The summed E-state index contributed by atoms with van der Waals surface area (Å²) in [5, 5.41) is 11.2. The van der Waals surface area contributed by atoms with Gasteiger partial charge in [-0.2, -0.15) is 0 Å². The Hall–Kier alpha value is -2.78. The smallest absolute Gasteiger partial charge is 0.303 e. The van der Waals surface area contributed by atoms with Crippen LogP contribution in [0.25, 0.3) is 10.9 Å². The van der Waals surface area contributed by atoms with Crippen LogP contribution >= 0.6 is 11.8 Å². The van der Waals surface area contributed by atoms with Gasteiger partial charge in [-0.05, 0) is 73.5 Å². The first-order chi connectivity index (χ1) is 17.0. The molecule has 1 N–H and O–H groups in total. The number of aromatic nitrogens is 3. The summed E-state index contributed by atoms with van der Waals surface area (Å²) in [4.78, 5) is 26.4. The van der Waals surface area contributed by atoms with E-state index in [4.69, 9.17) is 4.74 Å². The summed E-state index contributed by atoms with van der Waals surface area (Å²) < 4.78 is 20.7. The number of ether oxygens (including phenoxy) is 1. The van der Waals surface area contributed by atoms with Gasteiger partial charge in [-0.3, -0.25) is 9.78 Å². The van der Waals surface area contributed by atoms with Crippen molar-refractivity contribution in [1.82, 2.24) is 19.9 Å². The summed E-state index contributed by atoms with van der Waals surface area (Å²) in [6.07, 6.45) is 5.80. The SMILES string of the molecule is COc1ccc2nccc([C@@H](F)CC[C@@H]3CCN(CCSc4ccncn4)C[C@@H]3CC(=O)O)c2c1. The fourth-order valence-electron chi connectivity index (χ4n) is 4.90. The van der Waals surface area contributed by atoms with Gasteiger partial charge in [0, 0.05) is 43.0 Å². The van der Waals surface area contributed by atoms with Crippen LogP contribution in [0.2, 0.25) is 0 Å². The first kappa shape index (κ1) is 25.3. The number of nitrogens with zero attached hydrogens (tertiary/aromatic N) is 4. The van der Waals surface area contributed by atoms with E-state index in [1.165, 1.54) is 0 Å². The zero-order valence-corrected chi connectivity index (χ0v) is 20.7. The maximum absolute atomic E-state index is 15.4. The van der Waals surface area contributed by atoms with E-state index >= 15 is 4.39 Å². The van der Waals surface area contributed by atoms with Crippen LogP contribution in [-0.2, 0) is 4.79 Å². The lowest BCUT2D eigenvalue weighted by Gasteiger charge is -2.38. The topological polar surface area (TPSA) is 88.4 Å². The number of methoxy groups -OCH3 is 1. The van der Waals surface area contributed by atoms with E-state index in [2.05, 4.69) is 19.9 Å². The van der Waals surface area contributed by atoms with Gasteiger partial charge in [0.05, 0.1) is 17.7 Å². The normalized spacial score (nSPS) is 19.5. The molecule has 1 aliphatic heterocycles. The van der Waals surface area contributed by atoms with E-state index < -0.39 is 12.1 Å². The van der Waals surface area contributed by atoms with Crippen LogP contribution in [0.5, 0.6) is 5.75 Å². The molecule has 0 bridgehead atoms. The number of carbonyl (C=O) groups is 1. The molecular formula is C26H31FN4O3S. The number of aliphatic carboxylic acids is 1. The Bertz CT molecular complexity index is 1120. The van der Waals surface area contributed by atoms with Crippen LogP contribution in [0.15, 0.2) is 54.1 Å². The lowest BCUT2D eigenvalue weighted by molar-refractivity contribution is -0.139. The zero-order chi connectivity index (χ0) is 24.6. The molecule has 0 unspecified atom stereocenters.